The second-order valence-corrected chi connectivity index (χ2v) is 19.2. The van der Waals surface area contributed by atoms with Gasteiger partial charge in [-0.15, -0.1) is 22.7 Å². The molecule has 2 aromatic heterocycles. The predicted molar refractivity (Wildman–Crippen MR) is 246 cm³/mol. The molecule has 0 saturated carbocycles. The molecule has 0 aromatic carbocycles. The summed E-state index contributed by atoms with van der Waals surface area (Å²) in [6, 6.07) is 4.58. The first-order valence-electron chi connectivity index (χ1n) is 24.4. The summed E-state index contributed by atoms with van der Waals surface area (Å²) in [6.07, 6.45) is 54.7. The van der Waals surface area contributed by atoms with Gasteiger partial charge in [0.2, 0.25) is 0 Å². The molecule has 0 aliphatic heterocycles. The lowest BCUT2D eigenvalue weighted by atomic mass is 10.0. The number of thiophene rings is 2. The van der Waals surface area contributed by atoms with E-state index in [1.807, 2.05) is 0 Å². The van der Waals surface area contributed by atoms with Crippen LogP contribution in [0.3, 0.4) is 0 Å². The third-order valence-corrected chi connectivity index (χ3v) is 13.9. The van der Waals surface area contributed by atoms with Crippen LogP contribution in [0.25, 0.3) is 0 Å². The molecular formula is C51H90OS2. The lowest BCUT2D eigenvalue weighted by Gasteiger charge is -2.07. The molecule has 0 spiro atoms. The first-order valence-corrected chi connectivity index (χ1v) is 26.1. The first kappa shape index (κ1) is 49.2. The minimum Gasteiger partial charge on any atom is -0.299 e. The minimum absolute atomic E-state index is 0.401. The Bertz CT molecular complexity index is 983. The highest BCUT2D eigenvalue weighted by Crippen LogP contribution is 2.25. The topological polar surface area (TPSA) is 17.1 Å². The highest BCUT2D eigenvalue weighted by Gasteiger charge is 2.14. The summed E-state index contributed by atoms with van der Waals surface area (Å²) in [5, 5.41) is 4.42. The molecule has 2 rings (SSSR count). The first-order chi connectivity index (χ1) is 26.7. The Morgan fingerprint density at radius 1 is 0.352 bits per heavy atom. The second kappa shape index (κ2) is 37.6. The highest BCUT2D eigenvalue weighted by molar-refractivity contribution is 7.10. The summed E-state index contributed by atoms with van der Waals surface area (Å²) in [7, 11) is 0. The van der Waals surface area contributed by atoms with E-state index in [9.17, 15) is 4.79 Å². The smallest absolute Gasteiger partial charge is 0.143 e. The molecule has 2 aromatic rings. The van der Waals surface area contributed by atoms with Crippen LogP contribution in [-0.4, -0.2) is 5.78 Å². The molecule has 0 aliphatic carbocycles. The number of aryl methyl sites for hydroxylation is 2. The van der Waals surface area contributed by atoms with Crippen LogP contribution in [0.4, 0.5) is 0 Å². The van der Waals surface area contributed by atoms with Crippen molar-refractivity contribution in [1.82, 2.24) is 0 Å². The maximum atomic E-state index is 13.2. The molecule has 0 N–H and O–H groups in total. The average Bonchev–Trinajstić information content (AvgIpc) is 3.82. The second-order valence-electron chi connectivity index (χ2n) is 17.2. The largest absolute Gasteiger partial charge is 0.299 e. The number of carbonyl (C=O) groups excluding carboxylic acids is 1. The summed E-state index contributed by atoms with van der Waals surface area (Å²) < 4.78 is 0. The van der Waals surface area contributed by atoms with Crippen LogP contribution in [0, 0.1) is 0 Å². The van der Waals surface area contributed by atoms with E-state index >= 15 is 0 Å². The number of carbonyl (C=O) groups is 1. The van der Waals surface area contributed by atoms with Gasteiger partial charge in [-0.3, -0.25) is 4.79 Å². The van der Waals surface area contributed by atoms with Crippen LogP contribution in [-0.2, 0) is 30.5 Å². The summed E-state index contributed by atoms with van der Waals surface area (Å²) >= 11 is 3.60. The van der Waals surface area contributed by atoms with E-state index in [1.54, 1.807) is 22.7 Å². The molecule has 0 atom stereocenters. The lowest BCUT2D eigenvalue weighted by Crippen LogP contribution is -2.07. The van der Waals surface area contributed by atoms with Crippen molar-refractivity contribution in [2.45, 2.75) is 271 Å². The van der Waals surface area contributed by atoms with Gasteiger partial charge in [0.1, 0.15) is 5.78 Å². The quantitative estimate of drug-likeness (QED) is 0.0613. The molecule has 3 heteroatoms. The van der Waals surface area contributed by atoms with Crippen LogP contribution in [0.15, 0.2) is 22.9 Å². The third-order valence-electron chi connectivity index (χ3n) is 12.0. The number of unbranched alkanes of at least 4 members (excludes halogenated alkanes) is 34. The van der Waals surface area contributed by atoms with Crippen molar-refractivity contribution in [3.05, 3.63) is 43.8 Å². The standard InChI is InChI=1S/C51H90OS2/c1-3-5-7-9-11-13-15-17-19-21-23-25-27-29-31-33-35-37-39-47-41-43-53-50(47)45-49(52)46-51-48(42-44-54-51)40-38-36-34-32-30-28-26-24-22-20-18-16-14-12-10-8-6-4-2/h41-44H,3-40,45-46H2,1-2H3. The van der Waals surface area contributed by atoms with Gasteiger partial charge in [-0.2, -0.15) is 0 Å². The Morgan fingerprint density at radius 3 is 0.815 bits per heavy atom. The number of hydrogen-bond acceptors (Lipinski definition) is 3. The third kappa shape index (κ3) is 28.5. The van der Waals surface area contributed by atoms with Gasteiger partial charge in [0.15, 0.2) is 0 Å². The van der Waals surface area contributed by atoms with Gasteiger partial charge < -0.3 is 0 Å². The highest BCUT2D eigenvalue weighted by atomic mass is 32.1. The van der Waals surface area contributed by atoms with Gasteiger partial charge >= 0.3 is 0 Å². The van der Waals surface area contributed by atoms with Crippen molar-refractivity contribution in [2.75, 3.05) is 0 Å². The molecule has 1 nitrogen and oxygen atoms in total. The zero-order valence-electron chi connectivity index (χ0n) is 36.3. The Morgan fingerprint density at radius 2 is 0.574 bits per heavy atom. The fourth-order valence-corrected chi connectivity index (χ4v) is 10.3. The van der Waals surface area contributed by atoms with Crippen molar-refractivity contribution in [3.8, 4) is 0 Å². The molecule has 0 bridgehead atoms. The van der Waals surface area contributed by atoms with Crippen molar-refractivity contribution in [3.63, 3.8) is 0 Å². The molecule has 0 aliphatic rings. The van der Waals surface area contributed by atoms with Gasteiger partial charge in [0.05, 0.1) is 0 Å². The van der Waals surface area contributed by atoms with Gasteiger partial charge in [-0.05, 0) is 59.7 Å². The molecule has 54 heavy (non-hydrogen) atoms. The zero-order chi connectivity index (χ0) is 38.4. The van der Waals surface area contributed by atoms with E-state index < -0.39 is 0 Å². The summed E-state index contributed by atoms with van der Waals surface area (Å²) in [4.78, 5) is 15.8. The lowest BCUT2D eigenvalue weighted by molar-refractivity contribution is -0.117. The minimum atomic E-state index is 0.401. The van der Waals surface area contributed by atoms with Gasteiger partial charge in [0.25, 0.3) is 0 Å². The Kier molecular flexibility index (Phi) is 34.3. The van der Waals surface area contributed by atoms with Gasteiger partial charge in [0, 0.05) is 22.6 Å². The van der Waals surface area contributed by atoms with E-state index in [4.69, 9.17) is 0 Å². The monoisotopic (exact) mass is 783 g/mol. The average molecular weight is 783 g/mol. The normalized spacial score (nSPS) is 11.6. The van der Waals surface area contributed by atoms with Crippen molar-refractivity contribution >= 4 is 28.5 Å². The Labute approximate surface area is 346 Å². The summed E-state index contributed by atoms with van der Waals surface area (Å²) in [5.74, 6) is 0.401. The van der Waals surface area contributed by atoms with E-state index in [1.165, 1.54) is 252 Å². The number of rotatable bonds is 42. The molecule has 2 heterocycles. The maximum Gasteiger partial charge on any atom is 0.143 e. The fourth-order valence-electron chi connectivity index (χ4n) is 8.34. The molecule has 0 radical (unpaired) electrons. The van der Waals surface area contributed by atoms with E-state index in [0.29, 0.717) is 18.6 Å². The molecule has 0 amide bonds. The molecule has 0 unspecified atom stereocenters. The van der Waals surface area contributed by atoms with Gasteiger partial charge in [-0.25, -0.2) is 0 Å². The van der Waals surface area contributed by atoms with Crippen molar-refractivity contribution in [2.24, 2.45) is 0 Å². The predicted octanol–water partition coefficient (Wildman–Crippen LogP) is 18.3. The van der Waals surface area contributed by atoms with Gasteiger partial charge in [-0.1, -0.05) is 232 Å². The van der Waals surface area contributed by atoms with E-state index in [0.717, 1.165) is 12.8 Å². The van der Waals surface area contributed by atoms with E-state index in [2.05, 4.69) is 36.7 Å². The number of ketones is 1. The Balaban J connectivity index is 1.40. The zero-order valence-corrected chi connectivity index (χ0v) is 38.0. The van der Waals surface area contributed by atoms with Crippen LogP contribution in [0.5, 0.6) is 0 Å². The summed E-state index contributed by atoms with van der Waals surface area (Å²) in [5.41, 5.74) is 2.88. The van der Waals surface area contributed by atoms with Crippen LogP contribution >= 0.6 is 22.7 Å². The van der Waals surface area contributed by atoms with Crippen molar-refractivity contribution in [1.29, 1.82) is 0 Å². The van der Waals surface area contributed by atoms with Crippen LogP contribution in [0.1, 0.15) is 266 Å². The molecular weight excluding hydrogens is 693 g/mol. The molecule has 312 valence electrons. The van der Waals surface area contributed by atoms with Crippen molar-refractivity contribution < 1.29 is 4.79 Å². The van der Waals surface area contributed by atoms with Crippen LogP contribution < -0.4 is 0 Å². The SMILES string of the molecule is CCCCCCCCCCCCCCCCCCCCc1ccsc1CC(=O)Cc1sccc1CCCCCCCCCCCCCCCCCCCC. The Hall–Kier alpha value is -0.930. The maximum absolute atomic E-state index is 13.2. The summed E-state index contributed by atoms with van der Waals surface area (Å²) in [6.45, 7) is 4.61. The fraction of sp³-hybridized carbons (Fsp3) is 0.824. The number of Topliss-reactive ketones (excluding diaryl/α,β-unsaturated/α-hetero) is 1. The molecule has 0 saturated heterocycles. The molecule has 0 fully saturated rings. The van der Waals surface area contributed by atoms with Crippen LogP contribution in [0.2, 0.25) is 0 Å². The number of hydrogen-bond donors (Lipinski definition) is 0. The van der Waals surface area contributed by atoms with E-state index in [-0.39, 0.29) is 0 Å².